The zero-order valence-electron chi connectivity index (χ0n) is 10.2. The Morgan fingerprint density at radius 3 is 2.07 bits per heavy atom. The highest BCUT2D eigenvalue weighted by atomic mass is 16.2. The molecule has 4 nitrogen and oxygen atoms in total. The number of carbonyl (C=O) groups is 1. The fourth-order valence-corrected chi connectivity index (χ4v) is 1.49. The van der Waals surface area contributed by atoms with Crippen LogP contribution in [-0.2, 0) is 4.79 Å². The Balaban J connectivity index is 3.93. The maximum atomic E-state index is 11.5. The fourth-order valence-electron chi connectivity index (χ4n) is 1.49. The van der Waals surface area contributed by atoms with E-state index >= 15 is 0 Å². The number of nitrogens with zero attached hydrogens (tertiary/aromatic N) is 2. The first kappa shape index (κ1) is 13.4. The molecule has 0 fully saturated rings. The Bertz CT molecular complexity index is 180. The van der Waals surface area contributed by atoms with E-state index in [0.29, 0.717) is 6.04 Å². The minimum absolute atomic E-state index is 0.111. The largest absolute Gasteiger partial charge is 0.347 e. The van der Waals surface area contributed by atoms with Gasteiger partial charge in [0.2, 0.25) is 5.91 Å². The summed E-state index contributed by atoms with van der Waals surface area (Å²) >= 11 is 0. The van der Waals surface area contributed by atoms with Crippen molar-refractivity contribution >= 4 is 5.91 Å². The van der Waals surface area contributed by atoms with Crippen LogP contribution in [0.25, 0.3) is 0 Å². The highest BCUT2D eigenvalue weighted by Crippen LogP contribution is 1.93. The number of hydrogen-bond acceptors (Lipinski definition) is 3. The van der Waals surface area contributed by atoms with Crippen molar-refractivity contribution in [3.8, 4) is 0 Å². The van der Waals surface area contributed by atoms with E-state index in [1.165, 1.54) is 0 Å². The number of rotatable bonds is 5. The molecular weight excluding hydrogens is 178 g/mol. The van der Waals surface area contributed by atoms with Crippen LogP contribution in [0.4, 0.5) is 0 Å². The molecule has 0 heterocycles. The normalized spacial score (nSPS) is 15.4. The highest BCUT2D eigenvalue weighted by molar-refractivity contribution is 5.80. The lowest BCUT2D eigenvalue weighted by Gasteiger charge is -2.24. The average molecular weight is 201 g/mol. The van der Waals surface area contributed by atoms with Gasteiger partial charge in [-0.15, -0.1) is 0 Å². The molecule has 0 aliphatic rings. The van der Waals surface area contributed by atoms with E-state index in [2.05, 4.69) is 17.1 Å². The lowest BCUT2D eigenvalue weighted by Crippen LogP contribution is -2.48. The van der Waals surface area contributed by atoms with Crippen LogP contribution in [0.15, 0.2) is 0 Å². The lowest BCUT2D eigenvalue weighted by atomic mass is 10.2. The first-order valence-electron chi connectivity index (χ1n) is 4.96. The van der Waals surface area contributed by atoms with Gasteiger partial charge in [-0.05, 0) is 27.9 Å². The van der Waals surface area contributed by atoms with Gasteiger partial charge >= 0.3 is 0 Å². The third-order valence-electron chi connectivity index (χ3n) is 1.98. The third-order valence-corrected chi connectivity index (χ3v) is 1.98. The highest BCUT2D eigenvalue weighted by Gasteiger charge is 2.16. The molecule has 0 saturated heterocycles. The first-order valence-corrected chi connectivity index (χ1v) is 4.96. The summed E-state index contributed by atoms with van der Waals surface area (Å²) in [5, 5.41) is 3.26. The zero-order chi connectivity index (χ0) is 11.3. The molecule has 0 bridgehead atoms. The monoisotopic (exact) mass is 201 g/mol. The molecular formula is C10H23N3O. The Hall–Kier alpha value is -0.610. The van der Waals surface area contributed by atoms with Crippen molar-refractivity contribution in [2.24, 2.45) is 0 Å². The molecule has 0 aliphatic heterocycles. The summed E-state index contributed by atoms with van der Waals surface area (Å²) in [5.74, 6) is 0.121. The zero-order valence-corrected chi connectivity index (χ0v) is 10.2. The molecule has 0 saturated carbocycles. The number of hydrogen-bond donors (Lipinski definition) is 1. The topological polar surface area (TPSA) is 35.6 Å². The van der Waals surface area contributed by atoms with Gasteiger partial charge in [0.25, 0.3) is 0 Å². The smallest absolute Gasteiger partial charge is 0.238 e. The molecule has 0 rings (SSSR count). The number of amides is 1. The van der Waals surface area contributed by atoms with Gasteiger partial charge in [-0.25, -0.2) is 0 Å². The van der Waals surface area contributed by atoms with Crippen LogP contribution in [0.3, 0.4) is 0 Å². The molecule has 0 aromatic rings. The van der Waals surface area contributed by atoms with E-state index in [4.69, 9.17) is 0 Å². The summed E-state index contributed by atoms with van der Waals surface area (Å²) in [5.41, 5.74) is 0. The van der Waals surface area contributed by atoms with E-state index in [1.807, 2.05) is 21.0 Å². The Morgan fingerprint density at radius 2 is 1.71 bits per heavy atom. The van der Waals surface area contributed by atoms with E-state index in [-0.39, 0.29) is 11.9 Å². The van der Waals surface area contributed by atoms with E-state index in [9.17, 15) is 4.79 Å². The van der Waals surface area contributed by atoms with Crippen molar-refractivity contribution in [3.05, 3.63) is 0 Å². The van der Waals surface area contributed by atoms with Crippen molar-refractivity contribution in [2.45, 2.75) is 25.9 Å². The van der Waals surface area contributed by atoms with Gasteiger partial charge in [-0.2, -0.15) is 0 Å². The molecule has 0 spiro atoms. The predicted octanol–water partition coefficient (Wildman–Crippen LogP) is 0.00280. The van der Waals surface area contributed by atoms with Crippen molar-refractivity contribution in [2.75, 3.05) is 34.7 Å². The van der Waals surface area contributed by atoms with Crippen LogP contribution in [0.1, 0.15) is 13.8 Å². The van der Waals surface area contributed by atoms with Crippen LogP contribution in [0, 0.1) is 0 Å². The van der Waals surface area contributed by atoms with Gasteiger partial charge in [-0.3, -0.25) is 4.79 Å². The molecule has 1 N–H and O–H groups in total. The second-order valence-electron chi connectivity index (χ2n) is 4.28. The van der Waals surface area contributed by atoms with E-state index in [1.54, 1.807) is 19.0 Å². The lowest BCUT2D eigenvalue weighted by molar-refractivity contribution is -0.130. The van der Waals surface area contributed by atoms with Crippen LogP contribution < -0.4 is 5.32 Å². The van der Waals surface area contributed by atoms with Gasteiger partial charge in [0, 0.05) is 26.7 Å². The van der Waals surface area contributed by atoms with Gasteiger partial charge < -0.3 is 15.1 Å². The minimum atomic E-state index is -0.111. The van der Waals surface area contributed by atoms with Crippen LogP contribution >= 0.6 is 0 Å². The summed E-state index contributed by atoms with van der Waals surface area (Å²) in [4.78, 5) is 15.2. The molecule has 84 valence electrons. The van der Waals surface area contributed by atoms with Crippen molar-refractivity contribution in [3.63, 3.8) is 0 Å². The molecule has 2 atom stereocenters. The molecule has 0 aromatic carbocycles. The maximum absolute atomic E-state index is 11.5. The molecule has 4 heteroatoms. The summed E-state index contributed by atoms with van der Waals surface area (Å²) in [6.45, 7) is 4.92. The number of nitrogens with one attached hydrogen (secondary N) is 1. The van der Waals surface area contributed by atoms with E-state index in [0.717, 1.165) is 6.54 Å². The number of carbonyl (C=O) groups excluding carboxylic acids is 1. The SMILES string of the molecule is CC(CN(C)C)NC(C)C(=O)N(C)C. The van der Waals surface area contributed by atoms with Gasteiger partial charge in [0.05, 0.1) is 6.04 Å². The molecule has 2 unspecified atom stereocenters. The summed E-state index contributed by atoms with van der Waals surface area (Å²) in [6, 6.07) is 0.212. The average Bonchev–Trinajstić information content (AvgIpc) is 2.00. The summed E-state index contributed by atoms with van der Waals surface area (Å²) in [7, 11) is 7.60. The first-order chi connectivity index (χ1) is 6.34. The minimum Gasteiger partial charge on any atom is -0.347 e. The number of likely N-dealkylation sites (N-methyl/N-ethyl adjacent to an activating group) is 2. The summed E-state index contributed by atoms with van der Waals surface area (Å²) < 4.78 is 0. The molecule has 1 amide bonds. The Kier molecular flexibility index (Phi) is 5.72. The molecule has 14 heavy (non-hydrogen) atoms. The van der Waals surface area contributed by atoms with Crippen molar-refractivity contribution < 1.29 is 4.79 Å². The Labute approximate surface area is 87.3 Å². The predicted molar refractivity (Wildman–Crippen MR) is 59.3 cm³/mol. The van der Waals surface area contributed by atoms with Crippen molar-refractivity contribution in [1.82, 2.24) is 15.1 Å². The van der Waals surface area contributed by atoms with E-state index < -0.39 is 0 Å². The van der Waals surface area contributed by atoms with Crippen LogP contribution in [0.5, 0.6) is 0 Å². The molecule has 0 radical (unpaired) electrons. The van der Waals surface area contributed by atoms with Gasteiger partial charge in [0.1, 0.15) is 0 Å². The fraction of sp³-hybridized carbons (Fsp3) is 0.900. The second-order valence-corrected chi connectivity index (χ2v) is 4.28. The quantitative estimate of drug-likeness (QED) is 0.680. The third kappa shape index (κ3) is 5.19. The van der Waals surface area contributed by atoms with Gasteiger partial charge in [-0.1, -0.05) is 0 Å². The molecule has 0 aliphatic carbocycles. The Morgan fingerprint density at radius 1 is 1.21 bits per heavy atom. The standard InChI is InChI=1S/C10H23N3O/c1-8(7-12(3)4)11-9(2)10(14)13(5)6/h8-9,11H,7H2,1-6H3. The van der Waals surface area contributed by atoms with Crippen LogP contribution in [0.2, 0.25) is 0 Å². The van der Waals surface area contributed by atoms with Gasteiger partial charge in [0.15, 0.2) is 0 Å². The van der Waals surface area contributed by atoms with Crippen molar-refractivity contribution in [1.29, 1.82) is 0 Å². The summed E-state index contributed by atoms with van der Waals surface area (Å²) in [6.07, 6.45) is 0. The second kappa shape index (κ2) is 5.98. The van der Waals surface area contributed by atoms with Crippen LogP contribution in [-0.4, -0.2) is 62.5 Å². The molecule has 0 aromatic heterocycles. The maximum Gasteiger partial charge on any atom is 0.238 e.